The van der Waals surface area contributed by atoms with E-state index >= 15 is 0 Å². The molecule has 9 heteroatoms. The van der Waals surface area contributed by atoms with E-state index < -0.39 is 32.6 Å². The zero-order valence-electron chi connectivity index (χ0n) is 8.59. The summed E-state index contributed by atoms with van der Waals surface area (Å²) >= 11 is 0. The predicted molar refractivity (Wildman–Crippen MR) is 59.8 cm³/mol. The standard InChI is InChI=1S/C6H6O3S.C2H6O4S/c7-10(8,9)6-4-2-1-3-5-6;3-1-2-7(4,5)6/h1-5H,(H,7,8,9);3H,1-2H2,(H,4,5,6). The van der Waals surface area contributed by atoms with Gasteiger partial charge in [0.25, 0.3) is 20.2 Å². The molecule has 0 saturated heterocycles. The van der Waals surface area contributed by atoms with Gasteiger partial charge in [-0.3, -0.25) is 9.11 Å². The average molecular weight is 284 g/mol. The van der Waals surface area contributed by atoms with Crippen molar-refractivity contribution in [1.29, 1.82) is 0 Å². The van der Waals surface area contributed by atoms with Crippen LogP contribution in [0.15, 0.2) is 35.2 Å². The van der Waals surface area contributed by atoms with Gasteiger partial charge in [-0.15, -0.1) is 0 Å². The van der Waals surface area contributed by atoms with E-state index in [1.165, 1.54) is 12.1 Å². The van der Waals surface area contributed by atoms with Gasteiger partial charge in [0.2, 0.25) is 0 Å². The fourth-order valence-corrected chi connectivity index (χ4v) is 1.44. The molecule has 0 bridgehead atoms. The van der Waals surface area contributed by atoms with E-state index in [4.69, 9.17) is 14.2 Å². The molecule has 0 aliphatic heterocycles. The molecular weight excluding hydrogens is 272 g/mol. The van der Waals surface area contributed by atoms with Gasteiger partial charge in [-0.1, -0.05) is 18.2 Å². The second-order valence-corrected chi connectivity index (χ2v) is 5.79. The van der Waals surface area contributed by atoms with E-state index in [0.717, 1.165) is 0 Å². The summed E-state index contributed by atoms with van der Waals surface area (Å²) in [4.78, 5) is -0.0741. The first-order chi connectivity index (χ1) is 7.67. The highest BCUT2D eigenvalue weighted by molar-refractivity contribution is 7.86. The fraction of sp³-hybridized carbons (Fsp3) is 0.250. The molecule has 0 aliphatic rings. The minimum Gasteiger partial charge on any atom is -0.395 e. The van der Waals surface area contributed by atoms with Crippen molar-refractivity contribution >= 4 is 20.2 Å². The van der Waals surface area contributed by atoms with Crippen molar-refractivity contribution in [3.63, 3.8) is 0 Å². The molecule has 0 heterocycles. The second-order valence-electron chi connectivity index (χ2n) is 2.80. The van der Waals surface area contributed by atoms with E-state index in [1.807, 2.05) is 0 Å². The van der Waals surface area contributed by atoms with E-state index in [2.05, 4.69) is 0 Å². The van der Waals surface area contributed by atoms with Crippen LogP contribution in [0.5, 0.6) is 0 Å². The Hall–Kier alpha value is -1.00. The fourth-order valence-electron chi connectivity index (χ4n) is 0.708. The van der Waals surface area contributed by atoms with Crippen LogP contribution < -0.4 is 0 Å². The molecule has 1 aromatic carbocycles. The first-order valence-electron chi connectivity index (χ1n) is 4.25. The molecule has 0 spiro atoms. The Labute approximate surface area is 99.2 Å². The molecule has 17 heavy (non-hydrogen) atoms. The summed E-state index contributed by atoms with van der Waals surface area (Å²) in [6.07, 6.45) is 0. The van der Waals surface area contributed by atoms with Crippen LogP contribution in [-0.2, 0) is 20.2 Å². The van der Waals surface area contributed by atoms with Crippen LogP contribution in [-0.4, -0.2) is 43.4 Å². The van der Waals surface area contributed by atoms with Gasteiger partial charge in [0.05, 0.1) is 17.3 Å². The van der Waals surface area contributed by atoms with Crippen molar-refractivity contribution in [3.05, 3.63) is 30.3 Å². The summed E-state index contributed by atoms with van der Waals surface area (Å²) in [7, 11) is -7.93. The van der Waals surface area contributed by atoms with Crippen LogP contribution in [0, 0.1) is 0 Å². The molecule has 0 aromatic heterocycles. The Bertz CT molecular complexity index is 518. The first-order valence-corrected chi connectivity index (χ1v) is 7.30. The lowest BCUT2D eigenvalue weighted by Gasteiger charge is -1.92. The molecule has 3 N–H and O–H groups in total. The smallest absolute Gasteiger partial charge is 0.294 e. The highest BCUT2D eigenvalue weighted by Gasteiger charge is 2.05. The van der Waals surface area contributed by atoms with E-state index in [9.17, 15) is 16.8 Å². The third kappa shape index (κ3) is 8.77. The quantitative estimate of drug-likeness (QED) is 0.655. The minimum absolute atomic E-state index is 0.0741. The summed E-state index contributed by atoms with van der Waals surface area (Å²) in [5.41, 5.74) is 0. The molecule has 0 fully saturated rings. The van der Waals surface area contributed by atoms with Crippen molar-refractivity contribution < 1.29 is 31.0 Å². The van der Waals surface area contributed by atoms with Crippen LogP contribution in [0.2, 0.25) is 0 Å². The third-order valence-corrected chi connectivity index (χ3v) is 2.96. The molecule has 0 saturated carbocycles. The normalized spacial score (nSPS) is 11.5. The lowest BCUT2D eigenvalue weighted by Crippen LogP contribution is -2.06. The number of aliphatic hydroxyl groups is 1. The van der Waals surface area contributed by atoms with Crippen LogP contribution >= 0.6 is 0 Å². The van der Waals surface area contributed by atoms with Gasteiger partial charge in [0.15, 0.2) is 0 Å². The van der Waals surface area contributed by atoms with Crippen LogP contribution in [0.3, 0.4) is 0 Å². The summed E-state index contributed by atoms with van der Waals surface area (Å²) in [5, 5.41) is 7.86. The van der Waals surface area contributed by atoms with Crippen molar-refractivity contribution in [3.8, 4) is 0 Å². The van der Waals surface area contributed by atoms with E-state index in [1.54, 1.807) is 18.2 Å². The number of hydrogen-bond acceptors (Lipinski definition) is 5. The van der Waals surface area contributed by atoms with Crippen molar-refractivity contribution in [2.24, 2.45) is 0 Å². The molecule has 98 valence electrons. The number of hydrogen-bond donors (Lipinski definition) is 3. The van der Waals surface area contributed by atoms with Gasteiger partial charge in [-0.05, 0) is 12.1 Å². The Morgan fingerprint density at radius 2 is 1.41 bits per heavy atom. The molecule has 0 unspecified atom stereocenters. The highest BCUT2D eigenvalue weighted by atomic mass is 32.2. The molecule has 1 rings (SSSR count). The predicted octanol–water partition coefficient (Wildman–Crippen LogP) is -0.200. The summed E-state index contributed by atoms with van der Waals surface area (Å²) < 4.78 is 56.3. The van der Waals surface area contributed by atoms with E-state index in [0.29, 0.717) is 0 Å². The molecule has 0 amide bonds. The van der Waals surface area contributed by atoms with Crippen molar-refractivity contribution in [1.82, 2.24) is 0 Å². The van der Waals surface area contributed by atoms with E-state index in [-0.39, 0.29) is 4.90 Å². The topological polar surface area (TPSA) is 129 Å². The lowest BCUT2D eigenvalue weighted by atomic mass is 10.4. The highest BCUT2D eigenvalue weighted by Crippen LogP contribution is 2.05. The molecule has 7 nitrogen and oxygen atoms in total. The molecule has 0 radical (unpaired) electrons. The second kappa shape index (κ2) is 6.67. The Kier molecular flexibility index (Phi) is 6.27. The van der Waals surface area contributed by atoms with Crippen molar-refractivity contribution in [2.75, 3.05) is 12.4 Å². The summed E-state index contributed by atoms with van der Waals surface area (Å²) in [6.45, 7) is -0.529. The first kappa shape index (κ1) is 16.0. The molecule has 1 aromatic rings. The van der Waals surface area contributed by atoms with Gasteiger partial charge in [0.1, 0.15) is 0 Å². The number of aliphatic hydroxyl groups excluding tert-OH is 1. The minimum atomic E-state index is -4.00. The Balaban J connectivity index is 0.000000325. The van der Waals surface area contributed by atoms with Gasteiger partial charge in [-0.2, -0.15) is 16.8 Å². The van der Waals surface area contributed by atoms with Crippen LogP contribution in [0.25, 0.3) is 0 Å². The summed E-state index contributed by atoms with van der Waals surface area (Å²) in [6, 6.07) is 7.42. The molecule has 0 atom stereocenters. The average Bonchev–Trinajstić information content (AvgIpc) is 2.17. The van der Waals surface area contributed by atoms with Crippen LogP contribution in [0.1, 0.15) is 0 Å². The number of rotatable bonds is 3. The van der Waals surface area contributed by atoms with Gasteiger partial charge >= 0.3 is 0 Å². The van der Waals surface area contributed by atoms with Crippen LogP contribution in [0.4, 0.5) is 0 Å². The number of benzene rings is 1. The lowest BCUT2D eigenvalue weighted by molar-refractivity contribution is 0.315. The Morgan fingerprint density at radius 1 is 0.941 bits per heavy atom. The Morgan fingerprint density at radius 3 is 1.59 bits per heavy atom. The monoisotopic (exact) mass is 284 g/mol. The maximum absolute atomic E-state index is 10.4. The molecular formula is C8H12O7S2. The molecule has 0 aliphatic carbocycles. The largest absolute Gasteiger partial charge is 0.395 e. The maximum Gasteiger partial charge on any atom is 0.294 e. The zero-order chi connectivity index (χ0) is 13.5. The third-order valence-electron chi connectivity index (χ3n) is 1.39. The van der Waals surface area contributed by atoms with Gasteiger partial charge < -0.3 is 5.11 Å². The summed E-state index contributed by atoms with van der Waals surface area (Å²) in [5.74, 6) is -0.576. The SMILES string of the molecule is O=S(=O)(O)CCO.O=S(=O)(O)c1ccccc1. The zero-order valence-corrected chi connectivity index (χ0v) is 10.2. The van der Waals surface area contributed by atoms with Gasteiger partial charge in [0, 0.05) is 0 Å². The van der Waals surface area contributed by atoms with Gasteiger partial charge in [-0.25, -0.2) is 0 Å². The maximum atomic E-state index is 10.4. The van der Waals surface area contributed by atoms with Crippen molar-refractivity contribution in [2.45, 2.75) is 4.90 Å².